The highest BCUT2D eigenvalue weighted by Crippen LogP contribution is 2.24. The lowest BCUT2D eigenvalue weighted by Crippen LogP contribution is -1.81. The van der Waals surface area contributed by atoms with Gasteiger partial charge in [0.1, 0.15) is 0 Å². The molecule has 362 valence electrons. The minimum Gasteiger partial charge on any atom is -0.0683 e. The Morgan fingerprint density at radius 1 is 0.197 bits per heavy atom. The maximum absolute atomic E-state index is 2.29. The van der Waals surface area contributed by atoms with Crippen LogP contribution in [-0.2, 0) is 25.7 Å². The normalized spacial score (nSPS) is 8.55. The molecule has 0 spiro atoms. The minimum atomic E-state index is 1.10. The molecule has 8 aromatic carbocycles. The molecule has 0 radical (unpaired) electrons. The molecule has 0 aliphatic carbocycles. The average Bonchev–Trinajstić information content (AvgIpc) is 3.45. The van der Waals surface area contributed by atoms with Gasteiger partial charge in [-0.1, -0.05) is 308 Å². The number of rotatable bonds is 5. The van der Waals surface area contributed by atoms with Crippen LogP contribution in [0.4, 0.5) is 0 Å². The van der Waals surface area contributed by atoms with Crippen LogP contribution in [0.1, 0.15) is 161 Å². The second-order valence-corrected chi connectivity index (χ2v) is 12.5. The summed E-state index contributed by atoms with van der Waals surface area (Å²) in [5.41, 5.74) is 8.20. The quantitative estimate of drug-likeness (QED) is 0.151. The fraction of sp³-hybridized carbons (Fsp3) is 0.364. The first-order valence-electron chi connectivity index (χ1n) is 26.2. The monoisotopic (exact) mass is 891 g/mol. The molecular formula is C66H98. The van der Waals surface area contributed by atoms with Crippen LogP contribution in [-0.4, -0.2) is 0 Å². The molecule has 66 heavy (non-hydrogen) atoms. The van der Waals surface area contributed by atoms with E-state index in [1.807, 2.05) is 123 Å². The van der Waals surface area contributed by atoms with Crippen molar-refractivity contribution in [3.8, 4) is 11.1 Å². The van der Waals surface area contributed by atoms with Crippen molar-refractivity contribution < 1.29 is 0 Å². The van der Waals surface area contributed by atoms with E-state index in [0.29, 0.717) is 0 Å². The third kappa shape index (κ3) is 27.1. The molecule has 0 unspecified atom stereocenters. The van der Waals surface area contributed by atoms with Crippen molar-refractivity contribution in [1.82, 2.24) is 0 Å². The lowest BCUT2D eigenvalue weighted by Gasteiger charge is -2.04. The van der Waals surface area contributed by atoms with Crippen LogP contribution in [0.25, 0.3) is 43.4 Å². The van der Waals surface area contributed by atoms with E-state index >= 15 is 0 Å². The summed E-state index contributed by atoms with van der Waals surface area (Å²) in [5, 5.41) is 7.99. The lowest BCUT2D eigenvalue weighted by atomic mass is 10.0. The van der Waals surface area contributed by atoms with Gasteiger partial charge >= 0.3 is 0 Å². The van der Waals surface area contributed by atoms with Gasteiger partial charge in [-0.15, -0.1) is 0 Å². The summed E-state index contributed by atoms with van der Waals surface area (Å²) in [6.45, 7) is 40.7. The molecule has 0 bridgehead atoms. The summed E-state index contributed by atoms with van der Waals surface area (Å²) in [4.78, 5) is 0. The Bertz CT molecular complexity index is 2180. The summed E-state index contributed by atoms with van der Waals surface area (Å²) >= 11 is 0. The predicted octanol–water partition coefficient (Wildman–Crippen LogP) is 22.3. The van der Waals surface area contributed by atoms with Gasteiger partial charge in [-0.05, 0) is 104 Å². The Labute approximate surface area is 410 Å². The first kappa shape index (κ1) is 67.1. The van der Waals surface area contributed by atoms with Gasteiger partial charge in [-0.25, -0.2) is 0 Å². The van der Waals surface area contributed by atoms with Crippen molar-refractivity contribution in [2.75, 3.05) is 0 Å². The molecule has 8 aromatic rings. The summed E-state index contributed by atoms with van der Waals surface area (Å²) in [5.74, 6) is 0. The number of benzene rings is 8. The average molecular weight is 892 g/mol. The molecule has 0 saturated carbocycles. The molecule has 0 heteroatoms. The van der Waals surface area contributed by atoms with Crippen LogP contribution in [0.3, 0.4) is 0 Å². The molecule has 0 saturated heterocycles. The Morgan fingerprint density at radius 3 is 0.848 bits per heavy atom. The van der Waals surface area contributed by atoms with Gasteiger partial charge in [0, 0.05) is 0 Å². The number of hydrogen-bond donors (Lipinski definition) is 0. The highest BCUT2D eigenvalue weighted by Gasteiger charge is 1.99. The maximum atomic E-state index is 2.29. The Balaban J connectivity index is -0.000000357. The van der Waals surface area contributed by atoms with Gasteiger partial charge in [0.15, 0.2) is 0 Å². The Morgan fingerprint density at radius 2 is 0.455 bits per heavy atom. The SMILES string of the molecule is CC.CC.CC.CC.CC.CC.CC.CC.CCc1ccc(-c2ccccc2)cc1.CCc1ccc2cc3ccccc3cc2c1.CCc1ccc2ccccc2c1.CCc1ccccc1. The van der Waals surface area contributed by atoms with Gasteiger partial charge < -0.3 is 0 Å². The van der Waals surface area contributed by atoms with Crippen LogP contribution in [0.2, 0.25) is 0 Å². The lowest BCUT2D eigenvalue weighted by molar-refractivity contribution is 1.14. The van der Waals surface area contributed by atoms with E-state index in [-0.39, 0.29) is 0 Å². The standard InChI is InChI=1S/C16H14.C14H14.C12H12.C8H10.8C2H6/c1-2-12-7-8-15-10-13-5-3-4-6-14(13)11-16(15)9-12;1-2-12-8-10-14(11-9-12)13-6-4-3-5-7-13;1-2-10-7-8-11-5-3-4-6-12(11)9-10;1-2-8-6-4-3-5-7-8;8*1-2/h3-11H,2H2,1H3;3-11H,2H2,1H3;3-9H,2H2,1H3;3-7H,2H2,1H3;8*1-2H3. The van der Waals surface area contributed by atoms with Gasteiger partial charge in [-0.3, -0.25) is 0 Å². The van der Waals surface area contributed by atoms with Crippen molar-refractivity contribution >= 4 is 32.3 Å². The summed E-state index contributed by atoms with van der Waals surface area (Å²) in [7, 11) is 0. The molecule has 0 amide bonds. The first-order chi connectivity index (χ1) is 32.6. The van der Waals surface area contributed by atoms with Gasteiger partial charge in [0.2, 0.25) is 0 Å². The highest BCUT2D eigenvalue weighted by molar-refractivity contribution is 5.98. The van der Waals surface area contributed by atoms with Gasteiger partial charge in [0.25, 0.3) is 0 Å². The maximum Gasteiger partial charge on any atom is -0.0175 e. The fourth-order valence-corrected chi connectivity index (χ4v) is 5.95. The molecule has 0 fully saturated rings. The van der Waals surface area contributed by atoms with Crippen molar-refractivity contribution in [1.29, 1.82) is 0 Å². The van der Waals surface area contributed by atoms with Gasteiger partial charge in [-0.2, -0.15) is 0 Å². The second-order valence-electron chi connectivity index (χ2n) is 12.5. The van der Waals surface area contributed by atoms with E-state index in [9.17, 15) is 0 Å². The van der Waals surface area contributed by atoms with E-state index in [1.165, 1.54) is 65.7 Å². The Hall–Kier alpha value is -5.46. The van der Waals surface area contributed by atoms with E-state index in [4.69, 9.17) is 0 Å². The molecule has 0 N–H and O–H groups in total. The second kappa shape index (κ2) is 49.0. The third-order valence-corrected chi connectivity index (χ3v) is 9.12. The first-order valence-corrected chi connectivity index (χ1v) is 26.2. The topological polar surface area (TPSA) is 0 Å². The van der Waals surface area contributed by atoms with Crippen molar-refractivity contribution in [3.05, 3.63) is 204 Å². The molecule has 0 nitrogen and oxygen atoms in total. The molecule has 0 aliphatic heterocycles. The van der Waals surface area contributed by atoms with Crippen molar-refractivity contribution in [2.45, 2.75) is 164 Å². The van der Waals surface area contributed by atoms with Gasteiger partial charge in [0.05, 0.1) is 0 Å². The molecule has 0 aliphatic rings. The van der Waals surface area contributed by atoms with Crippen LogP contribution in [0.15, 0.2) is 182 Å². The fourth-order valence-electron chi connectivity index (χ4n) is 5.95. The number of hydrogen-bond acceptors (Lipinski definition) is 0. The van der Waals surface area contributed by atoms with Crippen LogP contribution >= 0.6 is 0 Å². The van der Waals surface area contributed by atoms with Crippen molar-refractivity contribution in [3.63, 3.8) is 0 Å². The van der Waals surface area contributed by atoms with E-state index < -0.39 is 0 Å². The minimum absolute atomic E-state index is 1.10. The predicted molar refractivity (Wildman–Crippen MR) is 312 cm³/mol. The zero-order chi connectivity index (χ0) is 51.0. The smallest absolute Gasteiger partial charge is 0.0175 e. The van der Waals surface area contributed by atoms with E-state index in [0.717, 1.165) is 25.7 Å². The van der Waals surface area contributed by atoms with Crippen LogP contribution < -0.4 is 0 Å². The zero-order valence-electron chi connectivity index (χ0n) is 46.1. The Kier molecular flexibility index (Phi) is 49.8. The summed E-state index contributed by atoms with van der Waals surface area (Å²) in [6, 6.07) is 64.6. The zero-order valence-corrected chi connectivity index (χ0v) is 46.1. The van der Waals surface area contributed by atoms with Crippen molar-refractivity contribution in [2.24, 2.45) is 0 Å². The largest absolute Gasteiger partial charge is 0.0683 e. The summed E-state index contributed by atoms with van der Waals surface area (Å²) < 4.78 is 0. The van der Waals surface area contributed by atoms with E-state index in [1.54, 1.807) is 0 Å². The van der Waals surface area contributed by atoms with E-state index in [2.05, 4.69) is 198 Å². The number of fused-ring (bicyclic) bond motifs is 3. The summed E-state index contributed by atoms with van der Waals surface area (Å²) in [6.07, 6.45) is 4.46. The molecule has 0 atom stereocenters. The van der Waals surface area contributed by atoms with Crippen LogP contribution in [0, 0.1) is 0 Å². The molecule has 0 aromatic heterocycles. The molecular weight excluding hydrogens is 793 g/mol. The third-order valence-electron chi connectivity index (χ3n) is 9.12. The highest BCUT2D eigenvalue weighted by atomic mass is 14.0. The van der Waals surface area contributed by atoms with Crippen LogP contribution in [0.5, 0.6) is 0 Å². The molecule has 0 heterocycles. The molecule has 8 rings (SSSR count). The number of aryl methyl sites for hydroxylation is 4.